The molecular weight excluding hydrogens is 332 g/mol. The summed E-state index contributed by atoms with van der Waals surface area (Å²) in [5.74, 6) is -0.297. The Labute approximate surface area is 123 Å². The minimum absolute atomic E-state index is 0.0357. The zero-order chi connectivity index (χ0) is 14.0. The normalized spacial score (nSPS) is 10.3. The Bertz CT molecular complexity index is 641. The molecule has 0 heterocycles. The predicted molar refractivity (Wildman–Crippen MR) is 77.4 cm³/mol. The first-order valence-corrected chi connectivity index (χ1v) is 6.62. The van der Waals surface area contributed by atoms with Crippen molar-refractivity contribution in [3.63, 3.8) is 0 Å². The van der Waals surface area contributed by atoms with Gasteiger partial charge in [-0.1, -0.05) is 33.6 Å². The lowest BCUT2D eigenvalue weighted by atomic mass is 10.2. The van der Waals surface area contributed by atoms with Crippen LogP contribution in [0.5, 0.6) is 11.5 Å². The molecule has 0 saturated heterocycles. The van der Waals surface area contributed by atoms with Crippen molar-refractivity contribution >= 4 is 33.5 Å². The number of benzene rings is 2. The standard InChI is InChI=1S/C14H10BrClO3/c1-8-7-9(15)5-6-11(8)19-12-4-2-3-10(16)13(12)14(17)18/h2-7H,1H3,(H,17,18). The van der Waals surface area contributed by atoms with E-state index in [2.05, 4.69) is 15.9 Å². The maximum absolute atomic E-state index is 11.2. The average Bonchev–Trinajstić information content (AvgIpc) is 2.32. The van der Waals surface area contributed by atoms with Crippen molar-refractivity contribution in [3.05, 3.63) is 57.0 Å². The van der Waals surface area contributed by atoms with Gasteiger partial charge in [-0.25, -0.2) is 4.79 Å². The molecule has 2 aromatic carbocycles. The SMILES string of the molecule is Cc1cc(Br)ccc1Oc1cccc(Cl)c1C(=O)O. The summed E-state index contributed by atoms with van der Waals surface area (Å²) in [7, 11) is 0. The molecule has 0 amide bonds. The van der Waals surface area contributed by atoms with Crippen LogP contribution in [0, 0.1) is 6.92 Å². The molecule has 1 N–H and O–H groups in total. The second-order valence-electron chi connectivity index (χ2n) is 3.93. The zero-order valence-electron chi connectivity index (χ0n) is 9.98. The minimum Gasteiger partial charge on any atom is -0.478 e. The van der Waals surface area contributed by atoms with E-state index < -0.39 is 5.97 Å². The van der Waals surface area contributed by atoms with Crippen LogP contribution in [0.2, 0.25) is 5.02 Å². The van der Waals surface area contributed by atoms with Crippen LogP contribution in [0.4, 0.5) is 0 Å². The van der Waals surface area contributed by atoms with E-state index in [0.29, 0.717) is 5.75 Å². The van der Waals surface area contributed by atoms with Gasteiger partial charge in [0.25, 0.3) is 0 Å². The fraction of sp³-hybridized carbons (Fsp3) is 0.0714. The summed E-state index contributed by atoms with van der Waals surface area (Å²) in [6.45, 7) is 1.88. The fourth-order valence-corrected chi connectivity index (χ4v) is 2.36. The highest BCUT2D eigenvalue weighted by Crippen LogP contribution is 2.32. The van der Waals surface area contributed by atoms with Crippen LogP contribution in [0.15, 0.2) is 40.9 Å². The van der Waals surface area contributed by atoms with Crippen molar-refractivity contribution in [1.82, 2.24) is 0 Å². The lowest BCUT2D eigenvalue weighted by Gasteiger charge is -2.12. The number of carboxylic acid groups (broad SMARTS) is 1. The molecule has 19 heavy (non-hydrogen) atoms. The zero-order valence-corrected chi connectivity index (χ0v) is 12.3. The number of ether oxygens (including phenoxy) is 1. The highest BCUT2D eigenvalue weighted by atomic mass is 79.9. The van der Waals surface area contributed by atoms with Crippen LogP contribution in [-0.4, -0.2) is 11.1 Å². The number of aromatic carboxylic acids is 1. The van der Waals surface area contributed by atoms with Crippen molar-refractivity contribution in [2.45, 2.75) is 6.92 Å². The van der Waals surface area contributed by atoms with Crippen molar-refractivity contribution in [2.75, 3.05) is 0 Å². The number of hydrogen-bond acceptors (Lipinski definition) is 2. The molecule has 0 saturated carbocycles. The highest BCUT2D eigenvalue weighted by molar-refractivity contribution is 9.10. The summed E-state index contributed by atoms with van der Waals surface area (Å²) < 4.78 is 6.58. The molecule has 2 rings (SSSR count). The molecule has 0 unspecified atom stereocenters. The quantitative estimate of drug-likeness (QED) is 0.863. The third-order valence-electron chi connectivity index (χ3n) is 2.55. The van der Waals surface area contributed by atoms with E-state index in [0.717, 1.165) is 10.0 Å². The number of hydrogen-bond donors (Lipinski definition) is 1. The van der Waals surface area contributed by atoms with E-state index >= 15 is 0 Å². The van der Waals surface area contributed by atoms with Gasteiger partial charge in [-0.05, 0) is 42.8 Å². The van der Waals surface area contributed by atoms with Gasteiger partial charge in [-0.2, -0.15) is 0 Å². The van der Waals surface area contributed by atoms with Crippen LogP contribution in [0.1, 0.15) is 15.9 Å². The van der Waals surface area contributed by atoms with Gasteiger partial charge in [0, 0.05) is 4.47 Å². The van der Waals surface area contributed by atoms with E-state index in [4.69, 9.17) is 21.4 Å². The summed E-state index contributed by atoms with van der Waals surface area (Å²) in [5.41, 5.74) is 0.858. The Hall–Kier alpha value is -1.52. The van der Waals surface area contributed by atoms with Crippen LogP contribution in [-0.2, 0) is 0 Å². The Morgan fingerprint density at radius 2 is 2.00 bits per heavy atom. The van der Waals surface area contributed by atoms with Gasteiger partial charge in [0.15, 0.2) is 0 Å². The number of rotatable bonds is 3. The molecule has 0 aliphatic rings. The molecule has 0 bridgehead atoms. The molecule has 0 aromatic heterocycles. The largest absolute Gasteiger partial charge is 0.478 e. The van der Waals surface area contributed by atoms with Crippen LogP contribution < -0.4 is 4.74 Å². The number of carbonyl (C=O) groups is 1. The first-order valence-electron chi connectivity index (χ1n) is 5.45. The van der Waals surface area contributed by atoms with Crippen LogP contribution >= 0.6 is 27.5 Å². The lowest BCUT2D eigenvalue weighted by molar-refractivity contribution is 0.0694. The third kappa shape index (κ3) is 3.08. The van der Waals surface area contributed by atoms with Crippen LogP contribution in [0.3, 0.4) is 0 Å². The van der Waals surface area contributed by atoms with E-state index in [-0.39, 0.29) is 16.3 Å². The Morgan fingerprint density at radius 3 is 2.63 bits per heavy atom. The van der Waals surface area contributed by atoms with E-state index in [1.165, 1.54) is 6.07 Å². The Morgan fingerprint density at radius 1 is 1.26 bits per heavy atom. The topological polar surface area (TPSA) is 46.5 Å². The summed E-state index contributed by atoms with van der Waals surface area (Å²) >= 11 is 9.25. The van der Waals surface area contributed by atoms with Gasteiger partial charge < -0.3 is 9.84 Å². The van der Waals surface area contributed by atoms with Crippen LogP contribution in [0.25, 0.3) is 0 Å². The van der Waals surface area contributed by atoms with Crippen molar-refractivity contribution in [1.29, 1.82) is 0 Å². The van der Waals surface area contributed by atoms with Gasteiger partial charge in [0.2, 0.25) is 0 Å². The van der Waals surface area contributed by atoms with Crippen molar-refractivity contribution < 1.29 is 14.6 Å². The molecule has 3 nitrogen and oxygen atoms in total. The molecule has 0 atom stereocenters. The molecule has 0 spiro atoms. The van der Waals surface area contributed by atoms with Gasteiger partial charge in [0.05, 0.1) is 5.02 Å². The van der Waals surface area contributed by atoms with E-state index in [9.17, 15) is 4.79 Å². The summed E-state index contributed by atoms with van der Waals surface area (Å²) in [5, 5.41) is 9.32. The number of aryl methyl sites for hydroxylation is 1. The molecule has 2 aromatic rings. The fourth-order valence-electron chi connectivity index (χ4n) is 1.64. The lowest BCUT2D eigenvalue weighted by Crippen LogP contribution is -2.01. The maximum Gasteiger partial charge on any atom is 0.341 e. The third-order valence-corrected chi connectivity index (χ3v) is 3.35. The Balaban J connectivity index is 2.44. The molecule has 0 aliphatic carbocycles. The van der Waals surface area contributed by atoms with Crippen molar-refractivity contribution in [2.24, 2.45) is 0 Å². The van der Waals surface area contributed by atoms with E-state index in [1.807, 2.05) is 19.1 Å². The number of carboxylic acids is 1. The Kier molecular flexibility index (Phi) is 4.12. The van der Waals surface area contributed by atoms with Gasteiger partial charge in [-0.15, -0.1) is 0 Å². The second-order valence-corrected chi connectivity index (χ2v) is 5.25. The van der Waals surface area contributed by atoms with Gasteiger partial charge in [0.1, 0.15) is 17.1 Å². The molecule has 0 fully saturated rings. The monoisotopic (exact) mass is 340 g/mol. The first kappa shape index (κ1) is 13.9. The summed E-state index contributed by atoms with van der Waals surface area (Å²) in [4.78, 5) is 11.2. The van der Waals surface area contributed by atoms with Gasteiger partial charge >= 0.3 is 5.97 Å². The average molecular weight is 342 g/mol. The smallest absolute Gasteiger partial charge is 0.341 e. The van der Waals surface area contributed by atoms with Gasteiger partial charge in [-0.3, -0.25) is 0 Å². The maximum atomic E-state index is 11.2. The first-order chi connectivity index (χ1) is 8.99. The predicted octanol–water partition coefficient (Wildman–Crippen LogP) is 4.90. The molecule has 98 valence electrons. The summed E-state index contributed by atoms with van der Waals surface area (Å²) in [6, 6.07) is 10.2. The summed E-state index contributed by atoms with van der Waals surface area (Å²) in [6.07, 6.45) is 0. The second kappa shape index (κ2) is 5.63. The molecular formula is C14H10BrClO3. The highest BCUT2D eigenvalue weighted by Gasteiger charge is 2.16. The molecule has 0 aliphatic heterocycles. The number of halogens is 2. The van der Waals surface area contributed by atoms with E-state index in [1.54, 1.807) is 18.2 Å². The molecule has 5 heteroatoms. The van der Waals surface area contributed by atoms with Crippen molar-refractivity contribution in [3.8, 4) is 11.5 Å². The minimum atomic E-state index is -1.12. The molecule has 0 radical (unpaired) electrons.